The first-order chi connectivity index (χ1) is 11.4. The molecule has 10 heteroatoms. The van der Waals surface area contributed by atoms with Crippen LogP contribution in [-0.2, 0) is 23.5 Å². The lowest BCUT2D eigenvalue weighted by Gasteiger charge is -2.18. The van der Waals surface area contributed by atoms with Gasteiger partial charge in [-0.05, 0) is 47.5 Å². The predicted molar refractivity (Wildman–Crippen MR) is 90.8 cm³/mol. The summed E-state index contributed by atoms with van der Waals surface area (Å²) in [4.78, 5) is 12.4. The minimum atomic E-state index is -3.27. The lowest BCUT2D eigenvalue weighted by molar-refractivity contribution is 0.102. The van der Waals surface area contributed by atoms with E-state index in [9.17, 15) is 13.2 Å². The van der Waals surface area contributed by atoms with Crippen molar-refractivity contribution in [3.63, 3.8) is 0 Å². The molecule has 0 radical (unpaired) electrons. The van der Waals surface area contributed by atoms with Crippen molar-refractivity contribution in [3.05, 3.63) is 29.3 Å². The predicted octanol–water partition coefficient (Wildman–Crippen LogP) is 0.897. The van der Waals surface area contributed by atoms with Crippen molar-refractivity contribution < 1.29 is 13.2 Å². The van der Waals surface area contributed by atoms with Crippen molar-refractivity contribution in [2.75, 3.05) is 22.4 Å². The van der Waals surface area contributed by atoms with Crippen LogP contribution < -0.4 is 4.31 Å². The second kappa shape index (κ2) is 6.52. The van der Waals surface area contributed by atoms with Gasteiger partial charge in [0.05, 0.1) is 17.2 Å². The third kappa shape index (κ3) is 3.16. The van der Waals surface area contributed by atoms with E-state index in [0.29, 0.717) is 29.4 Å². The monoisotopic (exact) mass is 367 g/mol. The lowest BCUT2D eigenvalue weighted by atomic mass is 10.1. The summed E-state index contributed by atoms with van der Waals surface area (Å²) in [5, 5.41) is 11.6. The fraction of sp³-hybridized carbons (Fsp3) is 0.429. The minimum absolute atomic E-state index is 0.0393. The molecular weight excluding hydrogens is 350 g/mol. The number of hydrogen-bond donors (Lipinski definition) is 0. The molecule has 0 atom stereocenters. The maximum Gasteiger partial charge on any atom is 0.234 e. The second-order valence-electron chi connectivity index (χ2n) is 5.36. The fourth-order valence-electron chi connectivity index (χ4n) is 2.55. The first-order valence-electron chi connectivity index (χ1n) is 7.44. The molecule has 0 saturated heterocycles. The van der Waals surface area contributed by atoms with Gasteiger partial charge in [-0.1, -0.05) is 11.8 Å². The number of nitrogens with zero attached hydrogens (tertiary/aromatic N) is 5. The van der Waals surface area contributed by atoms with Crippen molar-refractivity contribution in [2.45, 2.75) is 18.5 Å². The van der Waals surface area contributed by atoms with Crippen LogP contribution in [0.15, 0.2) is 23.4 Å². The van der Waals surface area contributed by atoms with Crippen LogP contribution in [0.25, 0.3) is 0 Å². The van der Waals surface area contributed by atoms with Crippen LogP contribution in [0.5, 0.6) is 0 Å². The highest BCUT2D eigenvalue weighted by molar-refractivity contribution is 7.99. The van der Waals surface area contributed by atoms with E-state index in [4.69, 9.17) is 0 Å². The number of rotatable bonds is 6. The minimum Gasteiger partial charge on any atom is -0.293 e. The molecule has 0 aliphatic carbocycles. The van der Waals surface area contributed by atoms with Gasteiger partial charge in [0.25, 0.3) is 0 Å². The summed E-state index contributed by atoms with van der Waals surface area (Å²) in [6.45, 7) is 2.06. The zero-order valence-electron chi connectivity index (χ0n) is 13.3. The SMILES string of the molecule is CCS(=O)(=O)N1CCc2cc(C(=O)CSc3nnnn3C)ccc21. The van der Waals surface area contributed by atoms with E-state index >= 15 is 0 Å². The molecule has 1 aromatic carbocycles. The lowest BCUT2D eigenvalue weighted by Crippen LogP contribution is -2.30. The van der Waals surface area contributed by atoms with Gasteiger partial charge in [0.1, 0.15) is 0 Å². The summed E-state index contributed by atoms with van der Waals surface area (Å²) in [6.07, 6.45) is 0.621. The highest BCUT2D eigenvalue weighted by Gasteiger charge is 2.28. The molecule has 0 amide bonds. The first kappa shape index (κ1) is 16.9. The van der Waals surface area contributed by atoms with Gasteiger partial charge in [-0.2, -0.15) is 0 Å². The molecule has 0 fully saturated rings. The molecule has 1 aromatic heterocycles. The van der Waals surface area contributed by atoms with Gasteiger partial charge in [-0.15, -0.1) is 5.10 Å². The van der Waals surface area contributed by atoms with Crippen molar-refractivity contribution in [1.82, 2.24) is 20.2 Å². The van der Waals surface area contributed by atoms with Crippen molar-refractivity contribution in [3.8, 4) is 0 Å². The molecule has 0 saturated carbocycles. The largest absolute Gasteiger partial charge is 0.293 e. The summed E-state index contributed by atoms with van der Waals surface area (Å²) >= 11 is 1.27. The van der Waals surface area contributed by atoms with Gasteiger partial charge in [0.15, 0.2) is 5.78 Å². The Morgan fingerprint density at radius 3 is 2.83 bits per heavy atom. The smallest absolute Gasteiger partial charge is 0.234 e. The zero-order chi connectivity index (χ0) is 17.3. The van der Waals surface area contributed by atoms with E-state index in [2.05, 4.69) is 15.5 Å². The Kier molecular flexibility index (Phi) is 4.59. The van der Waals surface area contributed by atoms with Gasteiger partial charge in [-0.3, -0.25) is 9.10 Å². The van der Waals surface area contributed by atoms with Crippen LogP contribution in [0.4, 0.5) is 5.69 Å². The Balaban J connectivity index is 1.75. The van der Waals surface area contributed by atoms with E-state index in [1.54, 1.807) is 32.2 Å². The van der Waals surface area contributed by atoms with Gasteiger partial charge >= 0.3 is 0 Å². The molecule has 0 N–H and O–H groups in total. The molecule has 2 aromatic rings. The van der Waals surface area contributed by atoms with Gasteiger partial charge in [0.2, 0.25) is 15.2 Å². The van der Waals surface area contributed by atoms with Crippen LogP contribution in [0.2, 0.25) is 0 Å². The summed E-state index contributed by atoms with van der Waals surface area (Å²) in [5.41, 5.74) is 2.15. The Hall–Kier alpha value is -1.94. The number of ketones is 1. The molecule has 128 valence electrons. The number of aryl methyl sites for hydroxylation is 1. The molecule has 0 spiro atoms. The summed E-state index contributed by atoms with van der Waals surface area (Å²) in [6, 6.07) is 5.19. The summed E-state index contributed by atoms with van der Waals surface area (Å²) in [7, 11) is -1.56. The number of hydrogen-bond acceptors (Lipinski definition) is 7. The maximum absolute atomic E-state index is 12.4. The number of thioether (sulfide) groups is 1. The number of carbonyl (C=O) groups excluding carboxylic acids is 1. The standard InChI is InChI=1S/C14H17N5O3S2/c1-3-24(21,22)19-7-6-10-8-11(4-5-12(10)19)13(20)9-23-14-15-16-17-18(14)2/h4-5,8H,3,6-7,9H2,1-2H3. The number of sulfonamides is 1. The third-order valence-electron chi connectivity index (χ3n) is 3.87. The highest BCUT2D eigenvalue weighted by Crippen LogP contribution is 2.31. The average Bonchev–Trinajstić information content (AvgIpc) is 3.18. The number of fused-ring (bicyclic) bond motifs is 1. The second-order valence-corrected chi connectivity index (χ2v) is 8.49. The molecule has 3 rings (SSSR count). The number of aromatic nitrogens is 4. The molecule has 24 heavy (non-hydrogen) atoms. The molecule has 8 nitrogen and oxygen atoms in total. The quantitative estimate of drug-likeness (QED) is 0.552. The van der Waals surface area contributed by atoms with Crippen LogP contribution >= 0.6 is 11.8 Å². The van der Waals surface area contributed by atoms with Crippen LogP contribution in [-0.4, -0.2) is 52.5 Å². The zero-order valence-corrected chi connectivity index (χ0v) is 15.0. The van der Waals surface area contributed by atoms with Crippen molar-refractivity contribution >= 4 is 33.3 Å². The van der Waals surface area contributed by atoms with E-state index in [-0.39, 0.29) is 17.3 Å². The normalized spacial score (nSPS) is 14.0. The number of benzene rings is 1. The summed E-state index contributed by atoms with van der Waals surface area (Å²) < 4.78 is 27.1. The Bertz CT molecular complexity index is 878. The van der Waals surface area contributed by atoms with E-state index in [1.165, 1.54) is 20.7 Å². The van der Waals surface area contributed by atoms with E-state index < -0.39 is 10.0 Å². The first-order valence-corrected chi connectivity index (χ1v) is 10.0. The molecule has 2 heterocycles. The molecule has 0 unspecified atom stereocenters. The average molecular weight is 367 g/mol. The third-order valence-corrected chi connectivity index (χ3v) is 6.66. The molecule has 1 aliphatic heterocycles. The van der Waals surface area contributed by atoms with E-state index in [1.807, 2.05) is 0 Å². The Labute approximate surface area is 144 Å². The van der Waals surface area contributed by atoms with E-state index in [0.717, 1.165) is 5.56 Å². The molecular formula is C14H17N5O3S2. The molecule has 0 bridgehead atoms. The number of Topliss-reactive ketones (excluding diaryl/α,β-unsaturated/α-hetero) is 1. The van der Waals surface area contributed by atoms with Crippen molar-refractivity contribution in [1.29, 1.82) is 0 Å². The topological polar surface area (TPSA) is 98.1 Å². The van der Waals surface area contributed by atoms with Gasteiger partial charge in [0, 0.05) is 19.2 Å². The number of carbonyl (C=O) groups is 1. The van der Waals surface area contributed by atoms with Crippen LogP contribution in [0.3, 0.4) is 0 Å². The van der Waals surface area contributed by atoms with Crippen molar-refractivity contribution in [2.24, 2.45) is 7.05 Å². The van der Waals surface area contributed by atoms with Gasteiger partial charge < -0.3 is 0 Å². The van der Waals surface area contributed by atoms with Gasteiger partial charge in [-0.25, -0.2) is 13.1 Å². The maximum atomic E-state index is 12.4. The Morgan fingerprint density at radius 2 is 2.17 bits per heavy atom. The van der Waals surface area contributed by atoms with Crippen LogP contribution in [0.1, 0.15) is 22.8 Å². The number of anilines is 1. The number of tetrazole rings is 1. The fourth-order valence-corrected chi connectivity index (χ4v) is 4.45. The molecule has 1 aliphatic rings. The Morgan fingerprint density at radius 1 is 1.38 bits per heavy atom. The van der Waals surface area contributed by atoms with Crippen LogP contribution in [0, 0.1) is 0 Å². The summed E-state index contributed by atoms with van der Waals surface area (Å²) in [5.74, 6) is 0.252. The highest BCUT2D eigenvalue weighted by atomic mass is 32.2.